The summed E-state index contributed by atoms with van der Waals surface area (Å²) < 4.78 is 19.8. The minimum Gasteiger partial charge on any atom is -0.349 e. The number of hydrogen-bond acceptors (Lipinski definition) is 4. The first-order valence-corrected chi connectivity index (χ1v) is 3.20. The van der Waals surface area contributed by atoms with Gasteiger partial charge in [0.1, 0.15) is 0 Å². The lowest BCUT2D eigenvalue weighted by molar-refractivity contribution is -0.259. The molecule has 11 heavy (non-hydrogen) atoms. The molecule has 0 aromatic rings. The molecule has 0 rings (SSSR count). The van der Waals surface area contributed by atoms with Crippen molar-refractivity contribution >= 4 is 0 Å². The molecule has 0 N–H and O–H groups in total. The highest BCUT2D eigenvalue weighted by Crippen LogP contribution is 2.24. The van der Waals surface area contributed by atoms with Crippen LogP contribution in [0.5, 0.6) is 0 Å². The van der Waals surface area contributed by atoms with Gasteiger partial charge in [-0.15, -0.1) is 0 Å². The van der Waals surface area contributed by atoms with Gasteiger partial charge in [0, 0.05) is 28.4 Å². The number of hydrogen-bond donors (Lipinski definition) is 0. The van der Waals surface area contributed by atoms with Crippen molar-refractivity contribution in [1.82, 2.24) is 0 Å². The summed E-state index contributed by atoms with van der Waals surface area (Å²) in [5.74, 6) is -0.927. The first-order valence-electron chi connectivity index (χ1n) is 3.20. The van der Waals surface area contributed by atoms with Gasteiger partial charge >= 0.3 is 0 Å². The summed E-state index contributed by atoms with van der Waals surface area (Å²) in [6.45, 7) is 1.70. The highest BCUT2D eigenvalue weighted by Gasteiger charge is 2.37. The fourth-order valence-corrected chi connectivity index (χ4v) is 0.704. The molecule has 0 amide bonds. The molecular weight excluding hydrogens is 148 g/mol. The molecule has 0 bridgehead atoms. The molecule has 0 aliphatic heterocycles. The van der Waals surface area contributed by atoms with Crippen LogP contribution >= 0.6 is 0 Å². The van der Waals surface area contributed by atoms with Gasteiger partial charge in [0.15, 0.2) is 0 Å². The molecule has 0 atom stereocenters. The molecule has 4 heteroatoms. The van der Waals surface area contributed by atoms with Gasteiger partial charge in [0.05, 0.1) is 0 Å². The molecule has 0 saturated carbocycles. The lowest BCUT2D eigenvalue weighted by Gasteiger charge is -2.30. The van der Waals surface area contributed by atoms with E-state index in [-0.39, 0.29) is 0 Å². The third-order valence-electron chi connectivity index (χ3n) is 1.52. The zero-order chi connectivity index (χ0) is 8.91. The van der Waals surface area contributed by atoms with Crippen LogP contribution in [0.15, 0.2) is 0 Å². The van der Waals surface area contributed by atoms with Gasteiger partial charge in [-0.2, -0.15) is 0 Å². The molecule has 0 saturated heterocycles. The highest BCUT2D eigenvalue weighted by atomic mass is 16.8. The maximum atomic E-state index is 5.02. The first-order chi connectivity index (χ1) is 5.14. The van der Waals surface area contributed by atoms with Crippen LogP contribution < -0.4 is 0 Å². The summed E-state index contributed by atoms with van der Waals surface area (Å²) in [7, 11) is 6.02. The molecule has 0 heterocycles. The second-order valence-corrected chi connectivity index (χ2v) is 2.05. The Balaban J connectivity index is 4.19. The van der Waals surface area contributed by atoms with Crippen molar-refractivity contribution < 1.29 is 18.9 Å². The second-order valence-electron chi connectivity index (χ2n) is 2.05. The van der Waals surface area contributed by atoms with E-state index in [0.717, 1.165) is 0 Å². The number of methoxy groups -OCH3 is 4. The summed E-state index contributed by atoms with van der Waals surface area (Å²) in [5.41, 5.74) is 0. The van der Waals surface area contributed by atoms with Gasteiger partial charge in [-0.25, -0.2) is 0 Å². The second kappa shape index (κ2) is 4.66. The molecule has 0 aromatic heterocycles. The van der Waals surface area contributed by atoms with E-state index in [4.69, 9.17) is 18.9 Å². The molecule has 0 fully saturated rings. The van der Waals surface area contributed by atoms with E-state index in [2.05, 4.69) is 0 Å². The lowest BCUT2D eigenvalue weighted by Crippen LogP contribution is -2.39. The van der Waals surface area contributed by atoms with E-state index < -0.39 is 5.79 Å². The van der Waals surface area contributed by atoms with E-state index in [1.54, 1.807) is 6.92 Å². The van der Waals surface area contributed by atoms with Crippen LogP contribution in [-0.4, -0.2) is 34.2 Å². The van der Waals surface area contributed by atoms with Crippen LogP contribution in [0.2, 0.25) is 0 Å². The smallest absolute Gasteiger partial charge is 0.284 e. The predicted molar refractivity (Wildman–Crippen MR) is 39.7 cm³/mol. The van der Waals surface area contributed by atoms with Crippen molar-refractivity contribution in [3.63, 3.8) is 0 Å². The zero-order valence-corrected chi connectivity index (χ0v) is 7.63. The van der Waals surface area contributed by atoms with E-state index >= 15 is 0 Å². The van der Waals surface area contributed by atoms with Crippen molar-refractivity contribution in [2.24, 2.45) is 0 Å². The van der Waals surface area contributed by atoms with Crippen LogP contribution in [0.25, 0.3) is 0 Å². The maximum Gasteiger partial charge on any atom is 0.284 e. The van der Waals surface area contributed by atoms with Crippen LogP contribution in [-0.2, 0) is 18.9 Å². The topological polar surface area (TPSA) is 36.9 Å². The summed E-state index contributed by atoms with van der Waals surface area (Å²) in [6, 6.07) is 0. The van der Waals surface area contributed by atoms with Crippen molar-refractivity contribution in [3.8, 4) is 0 Å². The van der Waals surface area contributed by atoms with Crippen LogP contribution in [0, 0.1) is 6.29 Å². The maximum absolute atomic E-state index is 5.02. The monoisotopic (exact) mass is 163 g/mol. The Morgan fingerprint density at radius 3 is 1.36 bits per heavy atom. The Kier molecular flexibility index (Phi) is 4.60. The standard InChI is InChI=1S/C7H15O4/c1-7(10-4,11-5)6(8-2)9-3/h1-5H3. The molecular formula is C7H15O4. The minimum absolute atomic E-state index is 0.294. The van der Waals surface area contributed by atoms with Crippen molar-refractivity contribution in [3.05, 3.63) is 6.29 Å². The van der Waals surface area contributed by atoms with E-state index in [1.165, 1.54) is 28.4 Å². The summed E-state index contributed by atoms with van der Waals surface area (Å²) in [6.07, 6.45) is 0.294. The van der Waals surface area contributed by atoms with Crippen molar-refractivity contribution in [2.75, 3.05) is 28.4 Å². The van der Waals surface area contributed by atoms with Gasteiger partial charge in [-0.1, -0.05) is 0 Å². The Hall–Kier alpha value is -0.160. The summed E-state index contributed by atoms with van der Waals surface area (Å²) in [4.78, 5) is 0. The molecule has 67 valence electrons. The van der Waals surface area contributed by atoms with Gasteiger partial charge in [0.2, 0.25) is 5.79 Å². The van der Waals surface area contributed by atoms with Crippen LogP contribution in [0.4, 0.5) is 0 Å². The van der Waals surface area contributed by atoms with Gasteiger partial charge in [-0.05, 0) is 6.92 Å². The van der Waals surface area contributed by atoms with Crippen molar-refractivity contribution in [2.45, 2.75) is 12.7 Å². The lowest BCUT2D eigenvalue weighted by atomic mass is 10.3. The highest BCUT2D eigenvalue weighted by molar-refractivity contribution is 4.82. The van der Waals surface area contributed by atoms with E-state index in [1.807, 2.05) is 0 Å². The Bertz CT molecular complexity index is 96.6. The fraction of sp³-hybridized carbons (Fsp3) is 0.857. The SMILES string of the molecule is CO[C](OC)C(C)(OC)OC. The quantitative estimate of drug-likeness (QED) is 0.561. The number of rotatable bonds is 5. The first kappa shape index (κ1) is 10.8. The van der Waals surface area contributed by atoms with Gasteiger partial charge < -0.3 is 18.9 Å². The van der Waals surface area contributed by atoms with Gasteiger partial charge in [-0.3, -0.25) is 0 Å². The molecule has 0 aromatic carbocycles. The summed E-state index contributed by atoms with van der Waals surface area (Å²) >= 11 is 0. The Labute approximate surface area is 67.4 Å². The molecule has 4 nitrogen and oxygen atoms in total. The van der Waals surface area contributed by atoms with Crippen molar-refractivity contribution in [1.29, 1.82) is 0 Å². The molecule has 0 aliphatic rings. The minimum atomic E-state index is -0.927. The average Bonchev–Trinajstić information content (AvgIpc) is 2.06. The van der Waals surface area contributed by atoms with E-state index in [9.17, 15) is 0 Å². The van der Waals surface area contributed by atoms with Crippen LogP contribution in [0.1, 0.15) is 6.92 Å². The normalized spacial score (nSPS) is 12.5. The fourth-order valence-electron chi connectivity index (χ4n) is 0.704. The molecule has 1 radical (unpaired) electrons. The Morgan fingerprint density at radius 1 is 0.909 bits per heavy atom. The van der Waals surface area contributed by atoms with Gasteiger partial charge in [0.25, 0.3) is 6.29 Å². The molecule has 0 spiro atoms. The van der Waals surface area contributed by atoms with E-state index in [0.29, 0.717) is 6.29 Å². The third kappa shape index (κ3) is 2.41. The number of ether oxygens (including phenoxy) is 4. The van der Waals surface area contributed by atoms with Crippen LogP contribution in [0.3, 0.4) is 0 Å². The molecule has 0 unspecified atom stereocenters. The predicted octanol–water partition coefficient (Wildman–Crippen LogP) is 0.778. The largest absolute Gasteiger partial charge is 0.349 e. The molecule has 0 aliphatic carbocycles. The zero-order valence-electron chi connectivity index (χ0n) is 7.63. The Morgan fingerprint density at radius 2 is 1.27 bits per heavy atom. The summed E-state index contributed by atoms with van der Waals surface area (Å²) in [5, 5.41) is 0. The third-order valence-corrected chi connectivity index (χ3v) is 1.52. The average molecular weight is 163 g/mol.